The largest absolute Gasteiger partial charge is 0.493 e. The van der Waals surface area contributed by atoms with Gasteiger partial charge in [-0.2, -0.15) is 0 Å². The summed E-state index contributed by atoms with van der Waals surface area (Å²) in [5.74, 6) is 0.665. The molecule has 4 nitrogen and oxygen atoms in total. The monoisotopic (exact) mass is 394 g/mol. The molecular weight excluding hydrogens is 364 g/mol. The van der Waals surface area contributed by atoms with Crippen LogP contribution in [0.4, 0.5) is 0 Å². The highest BCUT2D eigenvalue weighted by atomic mass is 35.5. The van der Waals surface area contributed by atoms with Crippen LogP contribution in [0.5, 0.6) is 5.75 Å². The summed E-state index contributed by atoms with van der Waals surface area (Å²) in [5, 5.41) is 19.0. The molecule has 0 heterocycles. The van der Waals surface area contributed by atoms with E-state index in [4.69, 9.17) is 21.4 Å². The van der Waals surface area contributed by atoms with E-state index in [2.05, 4.69) is 32.1 Å². The number of aliphatic hydroxyl groups is 1. The van der Waals surface area contributed by atoms with Crippen LogP contribution in [-0.2, 0) is 4.79 Å². The first kappa shape index (κ1) is 21.8. The number of ether oxygens (including phenoxy) is 1. The summed E-state index contributed by atoms with van der Waals surface area (Å²) in [6, 6.07) is 8.09. The number of carboxylic acid groups (broad SMARTS) is 1. The summed E-state index contributed by atoms with van der Waals surface area (Å²) >= 11 is 6.47. The minimum atomic E-state index is -0.762. The molecule has 1 fully saturated rings. The number of aliphatic carboxylic acids is 1. The lowest BCUT2D eigenvalue weighted by molar-refractivity contribution is -0.137. The zero-order valence-corrected chi connectivity index (χ0v) is 16.9. The summed E-state index contributed by atoms with van der Waals surface area (Å²) in [4.78, 5) is 10.5. The molecule has 0 amide bonds. The minimum absolute atomic E-state index is 0.00104. The first-order valence-electron chi connectivity index (χ1n) is 9.80. The number of allylic oxidation sites excluding steroid dienone is 2. The van der Waals surface area contributed by atoms with Crippen molar-refractivity contribution >= 4 is 17.6 Å². The molecule has 1 aliphatic rings. The van der Waals surface area contributed by atoms with Crippen molar-refractivity contribution in [3.8, 4) is 5.75 Å². The highest BCUT2D eigenvalue weighted by Crippen LogP contribution is 2.39. The van der Waals surface area contributed by atoms with Crippen LogP contribution in [0, 0.1) is 11.8 Å². The van der Waals surface area contributed by atoms with Crippen molar-refractivity contribution in [2.45, 2.75) is 63.4 Å². The Kier molecular flexibility index (Phi) is 8.65. The van der Waals surface area contributed by atoms with Gasteiger partial charge >= 0.3 is 5.97 Å². The van der Waals surface area contributed by atoms with Gasteiger partial charge in [0.1, 0.15) is 5.75 Å². The number of carbonyl (C=O) groups is 1. The van der Waals surface area contributed by atoms with Crippen LogP contribution in [0.3, 0.4) is 0 Å². The summed E-state index contributed by atoms with van der Waals surface area (Å²) in [6.45, 7) is 4.75. The van der Waals surface area contributed by atoms with Gasteiger partial charge < -0.3 is 14.9 Å². The number of hydrogen-bond acceptors (Lipinski definition) is 3. The van der Waals surface area contributed by atoms with Crippen LogP contribution in [0.1, 0.15) is 57.4 Å². The molecule has 150 valence electrons. The molecule has 1 aromatic carbocycles. The molecular formula is C22H31ClO4. The maximum atomic E-state index is 10.5. The molecule has 2 N–H and O–H groups in total. The molecule has 4 atom stereocenters. The van der Waals surface area contributed by atoms with Crippen LogP contribution in [0.15, 0.2) is 36.4 Å². The van der Waals surface area contributed by atoms with Crippen molar-refractivity contribution in [3.05, 3.63) is 42.0 Å². The van der Waals surface area contributed by atoms with E-state index >= 15 is 0 Å². The number of hydrogen-bond donors (Lipinski definition) is 2. The second-order valence-electron chi connectivity index (χ2n) is 7.68. The summed E-state index contributed by atoms with van der Waals surface area (Å²) in [5.41, 5.74) is 1.23. The van der Waals surface area contributed by atoms with Crippen molar-refractivity contribution in [3.63, 3.8) is 0 Å². The molecule has 27 heavy (non-hydrogen) atoms. The average Bonchev–Trinajstić information content (AvgIpc) is 2.89. The topological polar surface area (TPSA) is 66.8 Å². The maximum absolute atomic E-state index is 10.5. The van der Waals surface area contributed by atoms with E-state index in [1.165, 1.54) is 5.56 Å². The number of unbranched alkanes of at least 4 members (excludes halogenated alkanes) is 1. The molecule has 0 saturated heterocycles. The molecule has 0 bridgehead atoms. The predicted octanol–water partition coefficient (Wildman–Crippen LogP) is 4.99. The molecule has 0 spiro atoms. The normalized spacial score (nSPS) is 25.4. The molecule has 2 rings (SSSR count). The lowest BCUT2D eigenvalue weighted by Crippen LogP contribution is -2.27. The number of aliphatic hydroxyl groups excluding tert-OH is 1. The van der Waals surface area contributed by atoms with Gasteiger partial charge in [0.2, 0.25) is 0 Å². The fourth-order valence-corrected chi connectivity index (χ4v) is 4.06. The lowest BCUT2D eigenvalue weighted by atomic mass is 9.92. The van der Waals surface area contributed by atoms with E-state index in [1.54, 1.807) is 0 Å². The van der Waals surface area contributed by atoms with E-state index in [0.29, 0.717) is 25.4 Å². The molecule has 0 aliphatic heterocycles. The molecule has 0 radical (unpaired) electrons. The number of rotatable bonds is 10. The fourth-order valence-electron chi connectivity index (χ4n) is 3.59. The number of halogens is 1. The van der Waals surface area contributed by atoms with Gasteiger partial charge in [-0.1, -0.05) is 38.1 Å². The molecule has 0 unspecified atom stereocenters. The van der Waals surface area contributed by atoms with Crippen LogP contribution in [0.2, 0.25) is 0 Å². The Hall–Kier alpha value is -1.52. The van der Waals surface area contributed by atoms with Crippen LogP contribution >= 0.6 is 11.6 Å². The Bertz CT molecular complexity index is 628. The molecule has 1 saturated carbocycles. The van der Waals surface area contributed by atoms with Gasteiger partial charge in [-0.05, 0) is 55.2 Å². The quantitative estimate of drug-likeness (QED) is 0.333. The lowest BCUT2D eigenvalue weighted by Gasteiger charge is -2.23. The summed E-state index contributed by atoms with van der Waals surface area (Å²) in [6.07, 6.45) is 6.56. The van der Waals surface area contributed by atoms with E-state index in [9.17, 15) is 9.90 Å². The Morgan fingerprint density at radius 1 is 1.33 bits per heavy atom. The highest BCUT2D eigenvalue weighted by molar-refractivity contribution is 6.21. The van der Waals surface area contributed by atoms with Gasteiger partial charge in [0.25, 0.3) is 0 Å². The zero-order valence-electron chi connectivity index (χ0n) is 16.2. The van der Waals surface area contributed by atoms with Crippen molar-refractivity contribution in [2.75, 3.05) is 6.61 Å². The summed E-state index contributed by atoms with van der Waals surface area (Å²) in [7, 11) is 0. The third-order valence-corrected chi connectivity index (χ3v) is 5.78. The second-order valence-corrected chi connectivity index (χ2v) is 8.24. The Morgan fingerprint density at radius 2 is 2.11 bits per heavy atom. The van der Waals surface area contributed by atoms with E-state index in [1.807, 2.05) is 18.2 Å². The van der Waals surface area contributed by atoms with E-state index in [-0.39, 0.29) is 23.6 Å². The Labute approximate surface area is 167 Å². The highest BCUT2D eigenvalue weighted by Gasteiger charge is 2.41. The van der Waals surface area contributed by atoms with Gasteiger partial charge in [0, 0.05) is 17.7 Å². The SMILES string of the molecule is CC(C)c1cccc(OC[C@@H]2[C@@H](C/C=C\CCCC(=O)O)[C@H](Cl)C[C@H]2O)c1. The van der Waals surface area contributed by atoms with Crippen molar-refractivity contribution in [1.29, 1.82) is 0 Å². The number of benzene rings is 1. The van der Waals surface area contributed by atoms with Gasteiger partial charge in [-0.3, -0.25) is 4.79 Å². The standard InChI is InChI=1S/C22H31ClO4/c1-15(2)16-8-7-9-17(12-16)27-14-19-18(20(23)13-21(19)24)10-5-3-4-6-11-22(25)26/h3,5,7-9,12,15,18-21,24H,4,6,10-11,13-14H2,1-2H3,(H,25,26)/b5-3-/t18-,19-,20-,21-/m1/s1. The number of alkyl halides is 1. The number of carboxylic acids is 1. The molecule has 1 aliphatic carbocycles. The van der Waals surface area contributed by atoms with Gasteiger partial charge in [-0.25, -0.2) is 0 Å². The summed E-state index contributed by atoms with van der Waals surface area (Å²) < 4.78 is 5.99. The minimum Gasteiger partial charge on any atom is -0.493 e. The third-order valence-electron chi connectivity index (χ3n) is 5.28. The molecule has 5 heteroatoms. The Balaban J connectivity index is 1.88. The predicted molar refractivity (Wildman–Crippen MR) is 109 cm³/mol. The maximum Gasteiger partial charge on any atom is 0.303 e. The molecule has 1 aromatic rings. The first-order valence-corrected chi connectivity index (χ1v) is 10.2. The average molecular weight is 395 g/mol. The Morgan fingerprint density at radius 3 is 2.81 bits per heavy atom. The second kappa shape index (κ2) is 10.7. The third kappa shape index (κ3) is 6.86. The zero-order chi connectivity index (χ0) is 19.8. The molecule has 0 aromatic heterocycles. The fraction of sp³-hybridized carbons (Fsp3) is 0.591. The van der Waals surface area contributed by atoms with Gasteiger partial charge in [0.05, 0.1) is 12.7 Å². The van der Waals surface area contributed by atoms with E-state index < -0.39 is 12.1 Å². The van der Waals surface area contributed by atoms with Crippen LogP contribution in [-0.4, -0.2) is 34.3 Å². The van der Waals surface area contributed by atoms with Crippen molar-refractivity contribution in [2.24, 2.45) is 11.8 Å². The van der Waals surface area contributed by atoms with Crippen molar-refractivity contribution < 1.29 is 19.7 Å². The smallest absolute Gasteiger partial charge is 0.303 e. The van der Waals surface area contributed by atoms with Gasteiger partial charge in [0.15, 0.2) is 0 Å². The van der Waals surface area contributed by atoms with Crippen LogP contribution < -0.4 is 4.74 Å². The van der Waals surface area contributed by atoms with Gasteiger partial charge in [-0.15, -0.1) is 11.6 Å². The van der Waals surface area contributed by atoms with E-state index in [0.717, 1.165) is 18.6 Å². The van der Waals surface area contributed by atoms with Crippen molar-refractivity contribution in [1.82, 2.24) is 0 Å². The first-order chi connectivity index (χ1) is 12.9. The van der Waals surface area contributed by atoms with Crippen LogP contribution in [0.25, 0.3) is 0 Å².